The topological polar surface area (TPSA) is 65.7 Å². The van der Waals surface area contributed by atoms with Gasteiger partial charge in [-0.3, -0.25) is 15.2 Å². The number of carbonyl (C=O) groups is 1. The molecule has 1 heterocycles. The lowest BCUT2D eigenvalue weighted by molar-refractivity contribution is 0.0885. The summed E-state index contributed by atoms with van der Waals surface area (Å²) in [6.07, 6.45) is 0.745. The average Bonchev–Trinajstić information content (AvgIpc) is 3.02. The molecule has 5 heteroatoms. The molecule has 5 nitrogen and oxygen atoms in total. The van der Waals surface area contributed by atoms with Gasteiger partial charge in [0.2, 0.25) is 0 Å². The van der Waals surface area contributed by atoms with E-state index in [1.165, 1.54) is 0 Å². The molecule has 3 aromatic rings. The first-order valence-corrected chi connectivity index (χ1v) is 9.87. The first-order valence-electron chi connectivity index (χ1n) is 9.87. The monoisotopic (exact) mass is 390 g/mol. The molecule has 29 heavy (non-hydrogen) atoms. The van der Waals surface area contributed by atoms with Gasteiger partial charge in [0, 0.05) is 17.5 Å². The van der Waals surface area contributed by atoms with Crippen LogP contribution < -0.4 is 10.4 Å². The van der Waals surface area contributed by atoms with Gasteiger partial charge in [0.1, 0.15) is 5.76 Å². The molecule has 0 saturated carbocycles. The summed E-state index contributed by atoms with van der Waals surface area (Å²) in [5, 5.41) is 12.3. The lowest BCUT2D eigenvalue weighted by Crippen LogP contribution is -2.39. The Bertz CT molecular complexity index is 970. The normalized spacial score (nSPS) is 17.4. The smallest absolute Gasteiger partial charge is 0.306 e. The van der Waals surface area contributed by atoms with Crippen LogP contribution in [0.15, 0.2) is 65.1 Å². The summed E-state index contributed by atoms with van der Waals surface area (Å²) >= 11 is 0. The fraction of sp³-hybridized carbons (Fsp3) is 0.292. The fourth-order valence-corrected chi connectivity index (χ4v) is 4.09. The Labute approximate surface area is 170 Å². The molecule has 150 valence electrons. The highest BCUT2D eigenvalue weighted by Crippen LogP contribution is 2.44. The summed E-state index contributed by atoms with van der Waals surface area (Å²) in [5.41, 5.74) is 6.05. The third kappa shape index (κ3) is 3.78. The van der Waals surface area contributed by atoms with Crippen molar-refractivity contribution in [3.63, 3.8) is 0 Å². The number of anilines is 2. The molecule has 0 radical (unpaired) electrons. The van der Waals surface area contributed by atoms with Crippen LogP contribution in [0.3, 0.4) is 0 Å². The zero-order chi connectivity index (χ0) is 20.6. The van der Waals surface area contributed by atoms with Gasteiger partial charge in [-0.2, -0.15) is 0 Å². The Kier molecular flexibility index (Phi) is 4.92. The largest absolute Gasteiger partial charge is 0.455 e. The molecule has 1 aliphatic rings. The second-order valence-electron chi connectivity index (χ2n) is 8.40. The molecule has 0 aliphatic heterocycles. The van der Waals surface area contributed by atoms with Crippen LogP contribution in [-0.4, -0.2) is 11.0 Å². The molecule has 1 aromatic heterocycles. The van der Waals surface area contributed by atoms with Crippen LogP contribution in [0.25, 0.3) is 0 Å². The Hall–Kier alpha value is -3.05. The van der Waals surface area contributed by atoms with Gasteiger partial charge >= 0.3 is 5.91 Å². The summed E-state index contributed by atoms with van der Waals surface area (Å²) in [6, 6.07) is 19.3. The Balaban J connectivity index is 1.68. The highest BCUT2D eigenvalue weighted by atomic mass is 16.4. The molecule has 0 fully saturated rings. The standard InChI is InChI=1S/C24H26N2O3/c1-16-21-19(27)14-24(2,3)15-20(21)29-22(16)23(28)25-26(17-10-6-4-7-11-17)18-12-8-5-9-13-18/h4-13,19,27H,14-15H2,1-3H3,(H,25,28). The maximum atomic E-state index is 13.2. The van der Waals surface area contributed by atoms with Crippen molar-refractivity contribution in [3.05, 3.63) is 83.3 Å². The number of para-hydroxylation sites is 2. The first-order chi connectivity index (χ1) is 13.9. The number of fused-ring (bicyclic) bond motifs is 1. The third-order valence-corrected chi connectivity index (χ3v) is 5.44. The molecule has 2 aromatic carbocycles. The predicted octanol–water partition coefficient (Wildman–Crippen LogP) is 5.08. The molecule has 0 saturated heterocycles. The van der Waals surface area contributed by atoms with Gasteiger partial charge in [-0.1, -0.05) is 50.2 Å². The number of hydrazine groups is 1. The lowest BCUT2D eigenvalue weighted by atomic mass is 9.75. The minimum Gasteiger partial charge on any atom is -0.455 e. The number of furan rings is 1. The Morgan fingerprint density at radius 1 is 1.07 bits per heavy atom. The van der Waals surface area contributed by atoms with Crippen LogP contribution >= 0.6 is 0 Å². The molecule has 0 bridgehead atoms. The van der Waals surface area contributed by atoms with Crippen molar-refractivity contribution in [2.45, 2.75) is 39.7 Å². The quantitative estimate of drug-likeness (QED) is 0.610. The predicted molar refractivity (Wildman–Crippen MR) is 113 cm³/mol. The van der Waals surface area contributed by atoms with E-state index in [9.17, 15) is 9.90 Å². The lowest BCUT2D eigenvalue weighted by Gasteiger charge is -2.31. The first kappa shape index (κ1) is 19.3. The molecule has 1 amide bonds. The number of hydrogen-bond acceptors (Lipinski definition) is 4. The number of benzene rings is 2. The maximum absolute atomic E-state index is 13.2. The Morgan fingerprint density at radius 2 is 1.62 bits per heavy atom. The van der Waals surface area contributed by atoms with Gasteiger partial charge in [-0.15, -0.1) is 0 Å². The van der Waals surface area contributed by atoms with Crippen LogP contribution in [-0.2, 0) is 6.42 Å². The van der Waals surface area contributed by atoms with E-state index in [1.54, 1.807) is 5.01 Å². The molecule has 1 atom stereocenters. The number of aliphatic hydroxyl groups is 1. The van der Waals surface area contributed by atoms with Crippen LogP contribution in [0.4, 0.5) is 11.4 Å². The summed E-state index contributed by atoms with van der Waals surface area (Å²) in [5.74, 6) is 0.626. The van der Waals surface area contributed by atoms with Gasteiger partial charge < -0.3 is 9.52 Å². The number of amides is 1. The second-order valence-corrected chi connectivity index (χ2v) is 8.40. The SMILES string of the molecule is Cc1c(C(=O)NN(c2ccccc2)c2ccccc2)oc2c1C(O)CC(C)(C)C2. The number of aliphatic hydroxyl groups excluding tert-OH is 1. The minimum absolute atomic E-state index is 0.0649. The molecular formula is C24H26N2O3. The van der Waals surface area contributed by atoms with Gasteiger partial charge in [-0.05, 0) is 43.0 Å². The van der Waals surface area contributed by atoms with Crippen LogP contribution in [0.1, 0.15) is 53.8 Å². The van der Waals surface area contributed by atoms with E-state index < -0.39 is 6.10 Å². The van der Waals surface area contributed by atoms with E-state index in [1.807, 2.05) is 67.6 Å². The van der Waals surface area contributed by atoms with Crippen molar-refractivity contribution >= 4 is 17.3 Å². The van der Waals surface area contributed by atoms with Crippen molar-refractivity contribution in [2.75, 3.05) is 5.01 Å². The molecule has 1 aliphatic carbocycles. The van der Waals surface area contributed by atoms with E-state index in [0.29, 0.717) is 24.2 Å². The van der Waals surface area contributed by atoms with Crippen molar-refractivity contribution < 1.29 is 14.3 Å². The molecule has 2 N–H and O–H groups in total. The summed E-state index contributed by atoms with van der Waals surface area (Å²) in [4.78, 5) is 13.2. The van der Waals surface area contributed by atoms with Crippen molar-refractivity contribution in [2.24, 2.45) is 5.41 Å². The average molecular weight is 390 g/mol. The van der Waals surface area contributed by atoms with Crippen LogP contribution in [0.2, 0.25) is 0 Å². The van der Waals surface area contributed by atoms with Crippen LogP contribution in [0.5, 0.6) is 0 Å². The summed E-state index contributed by atoms with van der Waals surface area (Å²) < 4.78 is 5.98. The second kappa shape index (κ2) is 7.41. The van der Waals surface area contributed by atoms with Gasteiger partial charge in [-0.25, -0.2) is 0 Å². The molecule has 1 unspecified atom stereocenters. The number of carbonyl (C=O) groups excluding carboxylic acids is 1. The van der Waals surface area contributed by atoms with Crippen molar-refractivity contribution in [3.8, 4) is 0 Å². The van der Waals surface area contributed by atoms with E-state index in [4.69, 9.17) is 4.42 Å². The third-order valence-electron chi connectivity index (χ3n) is 5.44. The van der Waals surface area contributed by atoms with Gasteiger partial charge in [0.25, 0.3) is 0 Å². The minimum atomic E-state index is -0.613. The number of rotatable bonds is 4. The van der Waals surface area contributed by atoms with Crippen molar-refractivity contribution in [1.82, 2.24) is 5.43 Å². The highest BCUT2D eigenvalue weighted by Gasteiger charge is 2.37. The van der Waals surface area contributed by atoms with Gasteiger partial charge in [0.05, 0.1) is 17.5 Å². The number of hydrogen-bond donors (Lipinski definition) is 2. The van der Waals surface area contributed by atoms with Crippen molar-refractivity contribution in [1.29, 1.82) is 0 Å². The molecule has 0 spiro atoms. The number of nitrogens with one attached hydrogen (secondary N) is 1. The summed E-state index contributed by atoms with van der Waals surface area (Å²) in [6.45, 7) is 6.04. The summed E-state index contributed by atoms with van der Waals surface area (Å²) in [7, 11) is 0. The zero-order valence-corrected chi connectivity index (χ0v) is 17.0. The number of nitrogens with zero attached hydrogens (tertiary/aromatic N) is 1. The molecule has 4 rings (SSSR count). The van der Waals surface area contributed by atoms with Gasteiger partial charge in [0.15, 0.2) is 5.76 Å². The Morgan fingerprint density at radius 3 is 2.17 bits per heavy atom. The van der Waals surface area contributed by atoms with E-state index >= 15 is 0 Å². The van der Waals surface area contributed by atoms with E-state index in [-0.39, 0.29) is 17.1 Å². The van der Waals surface area contributed by atoms with E-state index in [2.05, 4.69) is 19.3 Å². The maximum Gasteiger partial charge on any atom is 0.306 e. The fourth-order valence-electron chi connectivity index (χ4n) is 4.09. The van der Waals surface area contributed by atoms with Crippen LogP contribution in [0, 0.1) is 12.3 Å². The van der Waals surface area contributed by atoms with E-state index in [0.717, 1.165) is 16.9 Å². The molecular weight excluding hydrogens is 364 g/mol. The highest BCUT2D eigenvalue weighted by molar-refractivity contribution is 5.95. The zero-order valence-electron chi connectivity index (χ0n) is 17.0.